The van der Waals surface area contributed by atoms with Gasteiger partial charge in [0.2, 0.25) is 11.8 Å². The zero-order valence-electron chi connectivity index (χ0n) is 17.9. The smallest absolute Gasteiger partial charge is 0.246 e. The van der Waals surface area contributed by atoms with Gasteiger partial charge in [0.25, 0.3) is 0 Å². The molecule has 1 atom stereocenters. The van der Waals surface area contributed by atoms with E-state index in [-0.39, 0.29) is 29.3 Å². The maximum atomic E-state index is 13.8. The van der Waals surface area contributed by atoms with Crippen LogP contribution in [0.25, 0.3) is 6.08 Å². The van der Waals surface area contributed by atoms with Crippen LogP contribution in [0, 0.1) is 17.6 Å². The van der Waals surface area contributed by atoms with E-state index >= 15 is 0 Å². The molecule has 9 heteroatoms. The first kappa shape index (κ1) is 22.6. The van der Waals surface area contributed by atoms with Gasteiger partial charge in [-0.15, -0.1) is 10.2 Å². The number of amides is 2. The Morgan fingerprint density at radius 2 is 1.97 bits per heavy atom. The molecule has 0 radical (unpaired) electrons. The van der Waals surface area contributed by atoms with Crippen LogP contribution in [-0.4, -0.2) is 44.6 Å². The fourth-order valence-corrected chi connectivity index (χ4v) is 3.50. The van der Waals surface area contributed by atoms with Crippen LogP contribution in [0.5, 0.6) is 0 Å². The lowest BCUT2D eigenvalue weighted by Gasteiger charge is -2.23. The highest BCUT2D eigenvalue weighted by Gasteiger charge is 2.27. The Labute approximate surface area is 180 Å². The number of nitrogens with zero attached hydrogens (tertiary/aromatic N) is 4. The topological polar surface area (TPSA) is 80.1 Å². The molecule has 166 valence electrons. The van der Waals surface area contributed by atoms with E-state index in [1.165, 1.54) is 18.2 Å². The molecule has 0 saturated heterocycles. The van der Waals surface area contributed by atoms with Gasteiger partial charge in [0, 0.05) is 50.2 Å². The first-order chi connectivity index (χ1) is 14.8. The maximum Gasteiger partial charge on any atom is 0.246 e. The lowest BCUT2D eigenvalue weighted by atomic mass is 10.0. The molecule has 0 saturated carbocycles. The molecular formula is C22H27F2N5O2. The third kappa shape index (κ3) is 5.34. The number of benzene rings is 1. The van der Waals surface area contributed by atoms with Crippen molar-refractivity contribution in [1.82, 2.24) is 25.0 Å². The molecule has 1 N–H and O–H groups in total. The van der Waals surface area contributed by atoms with E-state index in [0.29, 0.717) is 38.3 Å². The second kappa shape index (κ2) is 9.80. The molecule has 1 aromatic heterocycles. The Morgan fingerprint density at radius 3 is 2.65 bits per heavy atom. The van der Waals surface area contributed by atoms with Crippen LogP contribution >= 0.6 is 0 Å². The Balaban J connectivity index is 1.72. The van der Waals surface area contributed by atoms with Crippen LogP contribution in [0.4, 0.5) is 8.78 Å². The number of hydrogen-bond donors (Lipinski definition) is 1. The summed E-state index contributed by atoms with van der Waals surface area (Å²) in [5, 5.41) is 11.6. The van der Waals surface area contributed by atoms with E-state index in [1.807, 2.05) is 18.4 Å². The number of halogens is 2. The SMILES string of the molecule is CCC(=O)NC(c1nnc2n1CCN(C(=O)C=Cc1ccc(F)cc1F)CC2)C(C)C. The van der Waals surface area contributed by atoms with Crippen molar-refractivity contribution in [1.29, 1.82) is 0 Å². The molecule has 0 aliphatic carbocycles. The summed E-state index contributed by atoms with van der Waals surface area (Å²) in [5.74, 6) is -0.131. The summed E-state index contributed by atoms with van der Waals surface area (Å²) in [6.07, 6.45) is 3.54. The molecule has 0 bridgehead atoms. The van der Waals surface area contributed by atoms with Crippen molar-refractivity contribution < 1.29 is 18.4 Å². The zero-order chi connectivity index (χ0) is 22.5. The van der Waals surface area contributed by atoms with Crippen LogP contribution in [0.2, 0.25) is 0 Å². The predicted molar refractivity (Wildman–Crippen MR) is 112 cm³/mol. The van der Waals surface area contributed by atoms with Gasteiger partial charge in [-0.3, -0.25) is 9.59 Å². The van der Waals surface area contributed by atoms with Gasteiger partial charge in [0.1, 0.15) is 17.5 Å². The molecule has 0 spiro atoms. The van der Waals surface area contributed by atoms with Crippen LogP contribution in [-0.2, 0) is 22.6 Å². The summed E-state index contributed by atoms with van der Waals surface area (Å²) in [7, 11) is 0. The molecule has 31 heavy (non-hydrogen) atoms. The lowest BCUT2D eigenvalue weighted by Crippen LogP contribution is -2.34. The molecule has 7 nitrogen and oxygen atoms in total. The van der Waals surface area contributed by atoms with Crippen LogP contribution in [0.15, 0.2) is 24.3 Å². The van der Waals surface area contributed by atoms with Crippen molar-refractivity contribution in [3.8, 4) is 0 Å². The van der Waals surface area contributed by atoms with Crippen molar-refractivity contribution in [3.05, 3.63) is 53.1 Å². The minimum Gasteiger partial charge on any atom is -0.346 e. The summed E-state index contributed by atoms with van der Waals surface area (Å²) in [5.41, 5.74) is 0.149. The fraction of sp³-hybridized carbons (Fsp3) is 0.455. The molecular weight excluding hydrogens is 404 g/mol. The van der Waals surface area contributed by atoms with E-state index in [4.69, 9.17) is 0 Å². The largest absolute Gasteiger partial charge is 0.346 e. The van der Waals surface area contributed by atoms with Gasteiger partial charge >= 0.3 is 0 Å². The highest BCUT2D eigenvalue weighted by molar-refractivity contribution is 5.91. The molecule has 0 fully saturated rings. The number of fused-ring (bicyclic) bond motifs is 1. The average molecular weight is 431 g/mol. The molecule has 1 unspecified atom stereocenters. The summed E-state index contributed by atoms with van der Waals surface area (Å²) in [6, 6.07) is 2.96. The first-order valence-electron chi connectivity index (χ1n) is 10.4. The van der Waals surface area contributed by atoms with Gasteiger partial charge < -0.3 is 14.8 Å². The molecule has 1 aliphatic heterocycles. The van der Waals surface area contributed by atoms with Gasteiger partial charge in [0.15, 0.2) is 5.82 Å². The standard InChI is InChI=1S/C22H27F2N5O2/c1-4-19(30)25-21(14(2)3)22-27-26-18-9-10-28(11-12-29(18)22)20(31)8-6-15-5-7-16(23)13-17(15)24/h5-8,13-14,21H,4,9-12H2,1-3H3,(H,25,30). The first-order valence-corrected chi connectivity index (χ1v) is 10.4. The highest BCUT2D eigenvalue weighted by Crippen LogP contribution is 2.23. The Bertz CT molecular complexity index is 986. The monoisotopic (exact) mass is 431 g/mol. The second-order valence-corrected chi connectivity index (χ2v) is 7.84. The average Bonchev–Trinajstić information content (AvgIpc) is 3.00. The number of carbonyl (C=O) groups is 2. The Kier molecular flexibility index (Phi) is 7.14. The van der Waals surface area contributed by atoms with Gasteiger partial charge in [-0.2, -0.15) is 0 Å². The van der Waals surface area contributed by atoms with E-state index in [9.17, 15) is 18.4 Å². The van der Waals surface area contributed by atoms with Crippen molar-refractivity contribution in [3.63, 3.8) is 0 Å². The number of aromatic nitrogens is 3. The maximum absolute atomic E-state index is 13.8. The molecule has 3 rings (SSSR count). The third-order valence-corrected chi connectivity index (χ3v) is 5.32. The minimum absolute atomic E-state index is 0.0559. The van der Waals surface area contributed by atoms with E-state index in [2.05, 4.69) is 15.5 Å². The van der Waals surface area contributed by atoms with Gasteiger partial charge in [-0.05, 0) is 24.1 Å². The number of carbonyl (C=O) groups excluding carboxylic acids is 2. The summed E-state index contributed by atoms with van der Waals surface area (Å²) >= 11 is 0. The second-order valence-electron chi connectivity index (χ2n) is 7.84. The molecule has 1 aromatic carbocycles. The Hall–Kier alpha value is -3.10. The van der Waals surface area contributed by atoms with E-state index < -0.39 is 11.6 Å². The van der Waals surface area contributed by atoms with E-state index in [1.54, 1.807) is 11.8 Å². The number of nitrogens with one attached hydrogen (secondary N) is 1. The predicted octanol–water partition coefficient (Wildman–Crippen LogP) is 2.88. The quantitative estimate of drug-likeness (QED) is 0.714. The minimum atomic E-state index is -0.718. The molecule has 2 amide bonds. The van der Waals surface area contributed by atoms with Crippen molar-refractivity contribution >= 4 is 17.9 Å². The Morgan fingerprint density at radius 1 is 1.19 bits per heavy atom. The molecule has 1 aliphatic rings. The van der Waals surface area contributed by atoms with E-state index in [0.717, 1.165) is 18.0 Å². The van der Waals surface area contributed by atoms with Crippen LogP contribution in [0.3, 0.4) is 0 Å². The van der Waals surface area contributed by atoms with Crippen LogP contribution in [0.1, 0.15) is 50.4 Å². The van der Waals surface area contributed by atoms with Gasteiger partial charge in [0.05, 0.1) is 6.04 Å². The fourth-order valence-electron chi connectivity index (χ4n) is 3.50. The summed E-state index contributed by atoms with van der Waals surface area (Å²) < 4.78 is 28.8. The third-order valence-electron chi connectivity index (χ3n) is 5.32. The summed E-state index contributed by atoms with van der Waals surface area (Å²) in [4.78, 5) is 26.2. The normalized spacial score (nSPS) is 15.1. The lowest BCUT2D eigenvalue weighted by molar-refractivity contribution is -0.126. The van der Waals surface area contributed by atoms with Crippen molar-refractivity contribution in [2.45, 2.75) is 46.2 Å². The highest BCUT2D eigenvalue weighted by atomic mass is 19.1. The number of hydrogen-bond acceptors (Lipinski definition) is 4. The zero-order valence-corrected chi connectivity index (χ0v) is 17.9. The van der Waals surface area contributed by atoms with Crippen molar-refractivity contribution in [2.75, 3.05) is 13.1 Å². The molecule has 2 aromatic rings. The summed E-state index contributed by atoms with van der Waals surface area (Å²) in [6.45, 7) is 7.18. The van der Waals surface area contributed by atoms with Crippen LogP contribution < -0.4 is 5.32 Å². The number of rotatable bonds is 6. The van der Waals surface area contributed by atoms with Crippen molar-refractivity contribution in [2.24, 2.45) is 5.92 Å². The molecule has 2 heterocycles. The van der Waals surface area contributed by atoms with Gasteiger partial charge in [-0.1, -0.05) is 20.8 Å². The van der Waals surface area contributed by atoms with Gasteiger partial charge in [-0.25, -0.2) is 8.78 Å².